The number of hydrogen-bond acceptors (Lipinski definition) is 4. The van der Waals surface area contributed by atoms with Crippen molar-refractivity contribution in [1.29, 1.82) is 0 Å². The van der Waals surface area contributed by atoms with Crippen LogP contribution in [0.2, 0.25) is 0 Å². The molecule has 0 spiro atoms. The Balaban J connectivity index is 1.50. The molecular weight excluding hydrogens is 292 g/mol. The van der Waals surface area contributed by atoms with E-state index in [-0.39, 0.29) is 0 Å². The molecule has 1 aromatic heterocycles. The first-order valence-corrected chi connectivity index (χ1v) is 8.95. The van der Waals surface area contributed by atoms with Crippen molar-refractivity contribution in [1.82, 2.24) is 19.7 Å². The third-order valence-electron chi connectivity index (χ3n) is 4.19. The van der Waals surface area contributed by atoms with Gasteiger partial charge in [-0.3, -0.25) is 4.90 Å². The summed E-state index contributed by atoms with van der Waals surface area (Å²) in [5.41, 5.74) is 1.35. The fourth-order valence-electron chi connectivity index (χ4n) is 2.94. The molecule has 0 atom stereocenters. The summed E-state index contributed by atoms with van der Waals surface area (Å²) in [6.45, 7) is 8.41. The zero-order chi connectivity index (χ0) is 15.4. The van der Waals surface area contributed by atoms with E-state index in [1.807, 2.05) is 16.4 Å². The summed E-state index contributed by atoms with van der Waals surface area (Å²) < 4.78 is 1.99. The van der Waals surface area contributed by atoms with Crippen LogP contribution in [0.4, 0.5) is 0 Å². The number of nitrogens with zero attached hydrogens (tertiary/aromatic N) is 4. The maximum Gasteiger partial charge on any atom is 0.140 e. The summed E-state index contributed by atoms with van der Waals surface area (Å²) in [6, 6.07) is 8.84. The normalized spacial score (nSPS) is 17.0. The zero-order valence-corrected chi connectivity index (χ0v) is 14.2. The van der Waals surface area contributed by atoms with E-state index in [0.29, 0.717) is 0 Å². The van der Waals surface area contributed by atoms with E-state index in [1.165, 1.54) is 23.3 Å². The van der Waals surface area contributed by atoms with Gasteiger partial charge in [0.25, 0.3) is 0 Å². The van der Waals surface area contributed by atoms with E-state index < -0.39 is 0 Å². The van der Waals surface area contributed by atoms with Gasteiger partial charge in [-0.15, -0.1) is 11.8 Å². The average molecular weight is 316 g/mol. The number of hydrogen-bond donors (Lipinski definition) is 0. The lowest BCUT2D eigenvalue weighted by molar-refractivity contribution is 0.216. The number of aromatic nitrogens is 3. The Kier molecular flexibility index (Phi) is 5.16. The third-order valence-corrected chi connectivity index (χ3v) is 5.52. The molecule has 3 rings (SSSR count). The molecule has 1 saturated heterocycles. The van der Waals surface area contributed by atoms with Crippen LogP contribution in [0.15, 0.2) is 35.5 Å². The predicted molar refractivity (Wildman–Crippen MR) is 91.0 cm³/mol. The Bertz CT molecular complexity index is 602. The third kappa shape index (κ3) is 3.90. The van der Waals surface area contributed by atoms with Crippen molar-refractivity contribution in [3.8, 4) is 0 Å². The Morgan fingerprint density at radius 1 is 1.27 bits per heavy atom. The van der Waals surface area contributed by atoms with Crippen molar-refractivity contribution in [3.05, 3.63) is 42.0 Å². The van der Waals surface area contributed by atoms with Crippen LogP contribution in [0.5, 0.6) is 0 Å². The molecule has 4 nitrogen and oxygen atoms in total. The van der Waals surface area contributed by atoms with E-state index in [9.17, 15) is 0 Å². The number of rotatable bonds is 5. The maximum atomic E-state index is 4.38. The second-order valence-corrected chi connectivity index (χ2v) is 7.28. The topological polar surface area (TPSA) is 34.0 Å². The maximum absolute atomic E-state index is 4.38. The van der Waals surface area contributed by atoms with E-state index in [1.54, 1.807) is 6.33 Å². The van der Waals surface area contributed by atoms with Crippen LogP contribution < -0.4 is 0 Å². The van der Waals surface area contributed by atoms with Gasteiger partial charge in [-0.25, -0.2) is 9.67 Å². The Morgan fingerprint density at radius 3 is 2.82 bits per heavy atom. The standard InChI is InChI=1S/C17H24N4S/c1-3-21-17(18-13-19-21)12-20-9-7-15(8-10-20)22-16-6-4-5-14(2)11-16/h4-6,11,13,15H,3,7-10,12H2,1-2H3. The van der Waals surface area contributed by atoms with Crippen LogP contribution in [0.3, 0.4) is 0 Å². The summed E-state index contributed by atoms with van der Waals surface area (Å²) in [5.74, 6) is 1.09. The first-order chi connectivity index (χ1) is 10.7. The molecule has 22 heavy (non-hydrogen) atoms. The molecule has 1 aliphatic rings. The van der Waals surface area contributed by atoms with Crippen molar-refractivity contribution >= 4 is 11.8 Å². The highest BCUT2D eigenvalue weighted by Gasteiger charge is 2.21. The smallest absolute Gasteiger partial charge is 0.140 e. The number of benzene rings is 1. The van der Waals surface area contributed by atoms with Crippen molar-refractivity contribution < 1.29 is 0 Å². The molecule has 2 heterocycles. The number of thioether (sulfide) groups is 1. The molecule has 118 valence electrons. The largest absolute Gasteiger partial charge is 0.296 e. The lowest BCUT2D eigenvalue weighted by Gasteiger charge is -2.31. The molecule has 0 saturated carbocycles. The van der Waals surface area contributed by atoms with Crippen LogP contribution >= 0.6 is 11.8 Å². The Morgan fingerprint density at radius 2 is 2.09 bits per heavy atom. The summed E-state index contributed by atoms with van der Waals surface area (Å²) in [4.78, 5) is 8.29. The van der Waals surface area contributed by atoms with Gasteiger partial charge in [0.15, 0.2) is 0 Å². The molecular formula is C17H24N4S. The SMILES string of the molecule is CCn1ncnc1CN1CCC(Sc2cccc(C)c2)CC1. The van der Waals surface area contributed by atoms with E-state index in [0.717, 1.165) is 37.3 Å². The molecule has 0 bridgehead atoms. The van der Waals surface area contributed by atoms with Crippen LogP contribution in [0, 0.1) is 6.92 Å². The van der Waals surface area contributed by atoms with Crippen molar-refractivity contribution in [3.63, 3.8) is 0 Å². The first-order valence-electron chi connectivity index (χ1n) is 8.07. The number of aryl methyl sites for hydroxylation is 2. The minimum absolute atomic E-state index is 0.738. The highest BCUT2D eigenvalue weighted by atomic mass is 32.2. The molecule has 2 aromatic rings. The van der Waals surface area contributed by atoms with Crippen LogP contribution in [0.25, 0.3) is 0 Å². The van der Waals surface area contributed by atoms with Crippen LogP contribution in [-0.2, 0) is 13.1 Å². The Hall–Kier alpha value is -1.33. The molecule has 0 radical (unpaired) electrons. The minimum Gasteiger partial charge on any atom is -0.296 e. The lowest BCUT2D eigenvalue weighted by atomic mass is 10.1. The average Bonchev–Trinajstić information content (AvgIpc) is 2.96. The van der Waals surface area contributed by atoms with Gasteiger partial charge in [0.05, 0.1) is 6.54 Å². The van der Waals surface area contributed by atoms with E-state index >= 15 is 0 Å². The van der Waals surface area contributed by atoms with Gasteiger partial charge in [-0.2, -0.15) is 5.10 Å². The van der Waals surface area contributed by atoms with Crippen molar-refractivity contribution in [2.75, 3.05) is 13.1 Å². The van der Waals surface area contributed by atoms with Gasteiger partial charge >= 0.3 is 0 Å². The van der Waals surface area contributed by atoms with Crippen molar-refractivity contribution in [2.24, 2.45) is 0 Å². The van der Waals surface area contributed by atoms with E-state index in [4.69, 9.17) is 0 Å². The first kappa shape index (κ1) is 15.6. The second-order valence-electron chi connectivity index (χ2n) is 5.90. The lowest BCUT2D eigenvalue weighted by Crippen LogP contribution is -2.35. The van der Waals surface area contributed by atoms with Gasteiger partial charge in [-0.1, -0.05) is 17.7 Å². The molecule has 0 N–H and O–H groups in total. The summed E-state index contributed by atoms with van der Waals surface area (Å²) >= 11 is 2.04. The quantitative estimate of drug-likeness (QED) is 0.847. The van der Waals surface area contributed by atoms with Crippen LogP contribution in [-0.4, -0.2) is 38.0 Å². The molecule has 5 heteroatoms. The summed E-state index contributed by atoms with van der Waals surface area (Å²) in [5, 5.41) is 4.99. The molecule has 0 amide bonds. The van der Waals surface area contributed by atoms with Gasteiger partial charge < -0.3 is 0 Å². The van der Waals surface area contributed by atoms with E-state index in [2.05, 4.69) is 53.1 Å². The molecule has 1 aliphatic heterocycles. The van der Waals surface area contributed by atoms with Gasteiger partial charge in [0.1, 0.15) is 12.2 Å². The fourth-order valence-corrected chi connectivity index (χ4v) is 4.18. The Labute approximate surface area is 136 Å². The highest BCUT2D eigenvalue weighted by Crippen LogP contribution is 2.31. The molecule has 0 unspecified atom stereocenters. The number of piperidine rings is 1. The fraction of sp³-hybridized carbons (Fsp3) is 0.529. The van der Waals surface area contributed by atoms with Gasteiger partial charge in [-0.05, 0) is 51.9 Å². The predicted octanol–water partition coefficient (Wildman–Crippen LogP) is 3.36. The monoisotopic (exact) mass is 316 g/mol. The number of likely N-dealkylation sites (tertiary alicyclic amines) is 1. The molecule has 1 aromatic carbocycles. The highest BCUT2D eigenvalue weighted by molar-refractivity contribution is 8.00. The van der Waals surface area contributed by atoms with Crippen LogP contribution in [0.1, 0.15) is 31.2 Å². The van der Waals surface area contributed by atoms with Crippen molar-refractivity contribution in [2.45, 2.75) is 49.9 Å². The molecule has 0 aliphatic carbocycles. The summed E-state index contributed by atoms with van der Waals surface area (Å²) in [6.07, 6.45) is 4.16. The second kappa shape index (κ2) is 7.29. The van der Waals surface area contributed by atoms with Gasteiger partial charge in [0.2, 0.25) is 0 Å². The molecule has 1 fully saturated rings. The zero-order valence-electron chi connectivity index (χ0n) is 13.4. The van der Waals surface area contributed by atoms with Gasteiger partial charge in [0, 0.05) is 16.7 Å². The minimum atomic E-state index is 0.738. The summed E-state index contributed by atoms with van der Waals surface area (Å²) in [7, 11) is 0.